The van der Waals surface area contributed by atoms with Gasteiger partial charge < -0.3 is 10.6 Å². The van der Waals surface area contributed by atoms with E-state index in [-0.39, 0.29) is 11.4 Å². The van der Waals surface area contributed by atoms with Gasteiger partial charge in [-0.2, -0.15) is 0 Å². The number of amides is 1. The summed E-state index contributed by atoms with van der Waals surface area (Å²) in [6.45, 7) is 6.45. The van der Waals surface area contributed by atoms with E-state index in [2.05, 4.69) is 13.8 Å². The first-order valence-corrected chi connectivity index (χ1v) is 7.03. The number of carbonyl (C=O) groups excluding carboxylic acids is 1. The molecule has 1 aliphatic carbocycles. The van der Waals surface area contributed by atoms with Crippen molar-refractivity contribution in [3.63, 3.8) is 0 Å². The predicted molar refractivity (Wildman–Crippen MR) is 69.6 cm³/mol. The smallest absolute Gasteiger partial charge is 0.224 e. The molecule has 2 N–H and O–H groups in total. The van der Waals surface area contributed by atoms with Crippen molar-refractivity contribution in [3.05, 3.63) is 0 Å². The van der Waals surface area contributed by atoms with Gasteiger partial charge in [-0.15, -0.1) is 0 Å². The average Bonchev–Trinajstić information content (AvgIpc) is 2.28. The van der Waals surface area contributed by atoms with Gasteiger partial charge in [-0.05, 0) is 37.5 Å². The first-order chi connectivity index (χ1) is 7.96. The summed E-state index contributed by atoms with van der Waals surface area (Å²) in [5, 5.41) is 0. The molecule has 2 rings (SSSR count). The Kier molecular flexibility index (Phi) is 3.48. The lowest BCUT2D eigenvalue weighted by atomic mass is 9.74. The standard InChI is InChI=1S/C14H26N2O/c1-3-13(2)7-9-16(10-8-13)12(17)11-14(15)5-4-6-14/h3-11,15H2,1-2H3. The van der Waals surface area contributed by atoms with Crippen LogP contribution < -0.4 is 5.73 Å². The SMILES string of the molecule is CCC1(C)CCN(C(=O)CC2(N)CCC2)CC1. The zero-order valence-electron chi connectivity index (χ0n) is 11.3. The van der Waals surface area contributed by atoms with Crippen LogP contribution in [0.25, 0.3) is 0 Å². The average molecular weight is 238 g/mol. The number of piperidine rings is 1. The highest BCUT2D eigenvalue weighted by molar-refractivity contribution is 5.77. The minimum absolute atomic E-state index is 0.164. The fourth-order valence-electron chi connectivity index (χ4n) is 2.87. The van der Waals surface area contributed by atoms with E-state index >= 15 is 0 Å². The molecule has 1 saturated heterocycles. The molecule has 17 heavy (non-hydrogen) atoms. The van der Waals surface area contributed by atoms with E-state index in [4.69, 9.17) is 5.73 Å². The maximum absolute atomic E-state index is 12.2. The quantitative estimate of drug-likeness (QED) is 0.820. The van der Waals surface area contributed by atoms with Crippen molar-refractivity contribution in [2.75, 3.05) is 13.1 Å². The Morgan fingerprint density at radius 1 is 1.24 bits per heavy atom. The molecule has 0 aromatic carbocycles. The highest BCUT2D eigenvalue weighted by atomic mass is 16.2. The molecule has 0 bridgehead atoms. The van der Waals surface area contributed by atoms with Crippen LogP contribution in [0.5, 0.6) is 0 Å². The van der Waals surface area contributed by atoms with Crippen molar-refractivity contribution in [2.24, 2.45) is 11.1 Å². The van der Waals surface area contributed by atoms with Gasteiger partial charge in [0.2, 0.25) is 5.91 Å². The maximum Gasteiger partial charge on any atom is 0.224 e. The molecule has 3 nitrogen and oxygen atoms in total. The van der Waals surface area contributed by atoms with Gasteiger partial charge in [-0.3, -0.25) is 4.79 Å². The molecule has 2 aliphatic rings. The minimum atomic E-state index is -0.164. The number of nitrogens with zero attached hydrogens (tertiary/aromatic N) is 1. The van der Waals surface area contributed by atoms with Gasteiger partial charge in [0.1, 0.15) is 0 Å². The van der Waals surface area contributed by atoms with Crippen molar-refractivity contribution in [2.45, 2.75) is 64.3 Å². The van der Waals surface area contributed by atoms with E-state index in [0.29, 0.717) is 11.8 Å². The van der Waals surface area contributed by atoms with E-state index in [1.807, 2.05) is 4.90 Å². The summed E-state index contributed by atoms with van der Waals surface area (Å²) in [5.41, 5.74) is 6.43. The largest absolute Gasteiger partial charge is 0.343 e. The van der Waals surface area contributed by atoms with Crippen LogP contribution in [0.4, 0.5) is 0 Å². The lowest BCUT2D eigenvalue weighted by Crippen LogP contribution is -2.52. The van der Waals surface area contributed by atoms with Gasteiger partial charge in [0.15, 0.2) is 0 Å². The first-order valence-electron chi connectivity index (χ1n) is 7.03. The number of rotatable bonds is 3. The molecule has 0 aromatic rings. The predicted octanol–water partition coefficient (Wildman–Crippen LogP) is 2.30. The van der Waals surface area contributed by atoms with Crippen molar-refractivity contribution in [3.8, 4) is 0 Å². The van der Waals surface area contributed by atoms with E-state index in [1.165, 1.54) is 12.8 Å². The summed E-state index contributed by atoms with van der Waals surface area (Å²) in [6.07, 6.45) is 7.32. The summed E-state index contributed by atoms with van der Waals surface area (Å²) < 4.78 is 0. The third kappa shape index (κ3) is 2.82. The minimum Gasteiger partial charge on any atom is -0.343 e. The molecular formula is C14H26N2O. The highest BCUT2D eigenvalue weighted by Gasteiger charge is 2.37. The Morgan fingerprint density at radius 2 is 1.82 bits per heavy atom. The summed E-state index contributed by atoms with van der Waals surface area (Å²) >= 11 is 0. The van der Waals surface area contributed by atoms with Gasteiger partial charge in [0, 0.05) is 25.0 Å². The molecule has 0 aromatic heterocycles. The van der Waals surface area contributed by atoms with Crippen molar-refractivity contribution >= 4 is 5.91 Å². The number of hydrogen-bond acceptors (Lipinski definition) is 2. The van der Waals surface area contributed by atoms with Crippen molar-refractivity contribution in [1.82, 2.24) is 4.90 Å². The van der Waals surface area contributed by atoms with Gasteiger partial charge in [-0.1, -0.05) is 20.3 Å². The molecule has 98 valence electrons. The van der Waals surface area contributed by atoms with Gasteiger partial charge in [-0.25, -0.2) is 0 Å². The molecule has 2 fully saturated rings. The van der Waals surface area contributed by atoms with Gasteiger partial charge in [0.25, 0.3) is 0 Å². The summed E-state index contributed by atoms with van der Waals surface area (Å²) in [5.74, 6) is 0.283. The van der Waals surface area contributed by atoms with Crippen LogP contribution in [0.3, 0.4) is 0 Å². The molecule has 0 spiro atoms. The highest BCUT2D eigenvalue weighted by Crippen LogP contribution is 2.36. The molecule has 1 aliphatic heterocycles. The fraction of sp³-hybridized carbons (Fsp3) is 0.929. The van der Waals surface area contributed by atoms with Crippen LogP contribution in [0.1, 0.15) is 58.8 Å². The summed E-state index contributed by atoms with van der Waals surface area (Å²) in [7, 11) is 0. The molecule has 3 heteroatoms. The Bertz CT molecular complexity index is 289. The number of likely N-dealkylation sites (tertiary alicyclic amines) is 1. The Morgan fingerprint density at radius 3 is 2.24 bits per heavy atom. The van der Waals surface area contributed by atoms with Crippen LogP contribution in [-0.2, 0) is 4.79 Å². The third-order valence-electron chi connectivity index (χ3n) is 5.03. The zero-order chi connectivity index (χ0) is 12.5. The lowest BCUT2D eigenvalue weighted by molar-refractivity contribution is -0.135. The van der Waals surface area contributed by atoms with Crippen LogP contribution in [0, 0.1) is 5.41 Å². The molecule has 0 unspecified atom stereocenters. The Balaban J connectivity index is 1.82. The zero-order valence-corrected chi connectivity index (χ0v) is 11.3. The van der Waals surface area contributed by atoms with Crippen LogP contribution >= 0.6 is 0 Å². The number of nitrogens with two attached hydrogens (primary N) is 1. The molecule has 1 saturated carbocycles. The van der Waals surface area contributed by atoms with Crippen LogP contribution in [-0.4, -0.2) is 29.4 Å². The number of hydrogen-bond donors (Lipinski definition) is 1. The Labute approximate surface area is 105 Å². The van der Waals surface area contributed by atoms with Crippen molar-refractivity contribution < 1.29 is 4.79 Å². The monoisotopic (exact) mass is 238 g/mol. The van der Waals surface area contributed by atoms with E-state index in [9.17, 15) is 4.79 Å². The topological polar surface area (TPSA) is 46.3 Å². The van der Waals surface area contributed by atoms with E-state index < -0.39 is 0 Å². The first kappa shape index (κ1) is 12.9. The molecule has 0 atom stereocenters. The van der Waals surface area contributed by atoms with Crippen LogP contribution in [0.2, 0.25) is 0 Å². The second-order valence-electron chi connectivity index (χ2n) is 6.44. The lowest BCUT2D eigenvalue weighted by Gasteiger charge is -2.42. The second kappa shape index (κ2) is 4.60. The van der Waals surface area contributed by atoms with E-state index in [1.54, 1.807) is 0 Å². The van der Waals surface area contributed by atoms with Gasteiger partial charge in [0.05, 0.1) is 0 Å². The molecular weight excluding hydrogens is 212 g/mol. The third-order valence-corrected chi connectivity index (χ3v) is 5.03. The Hall–Kier alpha value is -0.570. The number of carbonyl (C=O) groups is 1. The van der Waals surface area contributed by atoms with Gasteiger partial charge >= 0.3 is 0 Å². The normalized spacial score (nSPS) is 26.4. The summed E-state index contributed by atoms with van der Waals surface area (Å²) in [4.78, 5) is 14.2. The molecule has 0 radical (unpaired) electrons. The fourth-order valence-corrected chi connectivity index (χ4v) is 2.87. The molecule has 1 amide bonds. The maximum atomic E-state index is 12.2. The summed E-state index contributed by atoms with van der Waals surface area (Å²) in [6, 6.07) is 0. The molecule has 1 heterocycles. The van der Waals surface area contributed by atoms with Crippen LogP contribution in [0.15, 0.2) is 0 Å². The second-order valence-corrected chi connectivity index (χ2v) is 6.44. The van der Waals surface area contributed by atoms with Crippen molar-refractivity contribution in [1.29, 1.82) is 0 Å². The van der Waals surface area contributed by atoms with E-state index in [0.717, 1.165) is 38.8 Å².